The van der Waals surface area contributed by atoms with Crippen molar-refractivity contribution >= 4 is 35.2 Å². The van der Waals surface area contributed by atoms with Crippen LogP contribution < -0.4 is 10.6 Å². The molecule has 0 spiro atoms. The quantitative estimate of drug-likeness (QED) is 0.531. The van der Waals surface area contributed by atoms with E-state index in [4.69, 9.17) is 16.3 Å². The maximum atomic E-state index is 13.6. The molecular formula is C26H31ClN4O4. The van der Waals surface area contributed by atoms with Gasteiger partial charge in [0.2, 0.25) is 5.91 Å². The Morgan fingerprint density at radius 3 is 2.29 bits per heavy atom. The monoisotopic (exact) mass is 498 g/mol. The van der Waals surface area contributed by atoms with E-state index >= 15 is 0 Å². The van der Waals surface area contributed by atoms with Crippen molar-refractivity contribution in [3.8, 4) is 6.07 Å². The third-order valence-electron chi connectivity index (χ3n) is 4.93. The molecule has 1 atom stereocenters. The molecule has 35 heavy (non-hydrogen) atoms. The fourth-order valence-electron chi connectivity index (χ4n) is 3.59. The Morgan fingerprint density at radius 1 is 1.11 bits per heavy atom. The first-order chi connectivity index (χ1) is 16.3. The van der Waals surface area contributed by atoms with E-state index in [9.17, 15) is 19.6 Å². The van der Waals surface area contributed by atoms with Gasteiger partial charge in [-0.15, -0.1) is 0 Å². The van der Waals surface area contributed by atoms with Crippen LogP contribution in [0.1, 0.15) is 49.1 Å². The molecule has 0 aliphatic rings. The highest BCUT2D eigenvalue weighted by Gasteiger charge is 2.32. The number of alkyl carbamates (subject to hydrolysis) is 1. The zero-order valence-electron chi connectivity index (χ0n) is 20.9. The minimum Gasteiger partial charge on any atom is -0.444 e. The lowest BCUT2D eigenvalue weighted by Gasteiger charge is -2.30. The Kier molecular flexibility index (Phi) is 9.26. The summed E-state index contributed by atoms with van der Waals surface area (Å²) in [4.78, 5) is 40.0. The fourth-order valence-corrected chi connectivity index (χ4v) is 3.85. The van der Waals surface area contributed by atoms with Gasteiger partial charge in [0, 0.05) is 0 Å². The van der Waals surface area contributed by atoms with Crippen molar-refractivity contribution in [2.45, 2.75) is 53.2 Å². The van der Waals surface area contributed by atoms with E-state index in [2.05, 4.69) is 10.6 Å². The number of aryl methyl sites for hydroxylation is 3. The molecule has 0 aliphatic heterocycles. The third kappa shape index (κ3) is 8.01. The molecule has 3 amide bonds. The molecule has 2 aromatic carbocycles. The summed E-state index contributed by atoms with van der Waals surface area (Å²) in [6.07, 6.45) is -0.776. The molecular weight excluding hydrogens is 468 g/mol. The minimum absolute atomic E-state index is 0.349. The van der Waals surface area contributed by atoms with E-state index in [0.717, 1.165) is 21.6 Å². The number of nitriles is 1. The van der Waals surface area contributed by atoms with Crippen LogP contribution in [0, 0.1) is 32.1 Å². The number of nitrogens with zero attached hydrogens (tertiary/aromatic N) is 2. The average Bonchev–Trinajstić information content (AvgIpc) is 2.72. The molecule has 0 radical (unpaired) electrons. The number of carbonyl (C=O) groups is 3. The number of ether oxygens (including phenoxy) is 1. The maximum Gasteiger partial charge on any atom is 0.408 e. The summed E-state index contributed by atoms with van der Waals surface area (Å²) in [5, 5.41) is 15.0. The van der Waals surface area contributed by atoms with E-state index in [0.29, 0.717) is 16.3 Å². The number of rotatable bonds is 7. The Hall–Kier alpha value is -3.57. The largest absolute Gasteiger partial charge is 0.444 e. The van der Waals surface area contributed by atoms with Crippen molar-refractivity contribution in [2.75, 3.05) is 18.4 Å². The molecule has 2 aromatic rings. The van der Waals surface area contributed by atoms with Gasteiger partial charge in [-0.05, 0) is 58.7 Å². The molecule has 0 saturated heterocycles. The summed E-state index contributed by atoms with van der Waals surface area (Å²) in [6.45, 7) is 9.84. The lowest BCUT2D eigenvalue weighted by atomic mass is 9.98. The van der Waals surface area contributed by atoms with Gasteiger partial charge in [0.25, 0.3) is 5.91 Å². The Bertz CT molecular complexity index is 1110. The number of nitrogens with one attached hydrogen (secondary N) is 2. The van der Waals surface area contributed by atoms with Crippen LogP contribution in [0.15, 0.2) is 36.4 Å². The van der Waals surface area contributed by atoms with Crippen molar-refractivity contribution in [3.05, 3.63) is 63.7 Å². The molecule has 0 aromatic heterocycles. The van der Waals surface area contributed by atoms with Crippen molar-refractivity contribution in [3.63, 3.8) is 0 Å². The van der Waals surface area contributed by atoms with Crippen molar-refractivity contribution in [1.29, 1.82) is 5.26 Å². The van der Waals surface area contributed by atoms with Gasteiger partial charge in [0.15, 0.2) is 0 Å². The number of amides is 3. The van der Waals surface area contributed by atoms with Crippen LogP contribution in [0.3, 0.4) is 0 Å². The summed E-state index contributed by atoms with van der Waals surface area (Å²) in [5.74, 6) is -1.15. The van der Waals surface area contributed by atoms with Gasteiger partial charge in [0.05, 0.1) is 16.8 Å². The Morgan fingerprint density at radius 2 is 1.74 bits per heavy atom. The number of benzene rings is 2. The Labute approximate surface area is 211 Å². The van der Waals surface area contributed by atoms with E-state index in [1.54, 1.807) is 58.0 Å². The fraction of sp³-hybridized carbons (Fsp3) is 0.385. The van der Waals surface area contributed by atoms with Gasteiger partial charge in [-0.25, -0.2) is 4.79 Å². The first-order valence-corrected chi connectivity index (χ1v) is 11.5. The van der Waals surface area contributed by atoms with Crippen LogP contribution >= 0.6 is 11.6 Å². The van der Waals surface area contributed by atoms with Gasteiger partial charge in [-0.2, -0.15) is 5.26 Å². The van der Waals surface area contributed by atoms with Crippen LogP contribution in [0.4, 0.5) is 10.5 Å². The predicted molar refractivity (Wildman–Crippen MR) is 135 cm³/mol. The highest BCUT2D eigenvalue weighted by molar-refractivity contribution is 6.34. The number of hydrogen-bond donors (Lipinski definition) is 2. The zero-order valence-corrected chi connectivity index (χ0v) is 21.6. The van der Waals surface area contributed by atoms with Crippen molar-refractivity contribution in [1.82, 2.24) is 10.2 Å². The summed E-state index contributed by atoms with van der Waals surface area (Å²) < 4.78 is 5.18. The predicted octanol–water partition coefficient (Wildman–Crippen LogP) is 4.82. The number of hydrogen-bond acceptors (Lipinski definition) is 5. The van der Waals surface area contributed by atoms with E-state index in [1.165, 1.54) is 0 Å². The molecule has 9 heteroatoms. The smallest absolute Gasteiger partial charge is 0.408 e. The van der Waals surface area contributed by atoms with E-state index in [-0.39, 0.29) is 6.54 Å². The van der Waals surface area contributed by atoms with Gasteiger partial charge >= 0.3 is 6.09 Å². The third-order valence-corrected chi connectivity index (χ3v) is 5.25. The second-order valence-electron chi connectivity index (χ2n) is 9.28. The standard InChI is InChI=1S/C26H31ClN4O4/c1-16-12-17(2)14-19(13-16)23(24(33)30-22-18(3)8-7-9-20(22)27)31(11-10-28)21(32)15-29-25(34)35-26(4,5)6/h7-9,12-14,23H,11,15H2,1-6H3,(H,29,34)(H,30,33). The first kappa shape index (κ1) is 27.7. The molecule has 0 bridgehead atoms. The van der Waals surface area contributed by atoms with Gasteiger partial charge in [-0.1, -0.05) is 53.1 Å². The summed E-state index contributed by atoms with van der Waals surface area (Å²) in [7, 11) is 0. The maximum absolute atomic E-state index is 13.6. The van der Waals surface area contributed by atoms with Crippen LogP contribution in [0.25, 0.3) is 0 Å². The molecule has 0 fully saturated rings. The molecule has 2 N–H and O–H groups in total. The molecule has 0 heterocycles. The Balaban J connectivity index is 2.43. The zero-order chi connectivity index (χ0) is 26.3. The highest BCUT2D eigenvalue weighted by atomic mass is 35.5. The lowest BCUT2D eigenvalue weighted by Crippen LogP contribution is -2.46. The first-order valence-electron chi connectivity index (χ1n) is 11.1. The second-order valence-corrected chi connectivity index (χ2v) is 9.69. The van der Waals surface area contributed by atoms with Crippen LogP contribution in [-0.4, -0.2) is 41.5 Å². The van der Waals surface area contributed by atoms with Gasteiger partial charge < -0.3 is 20.3 Å². The van der Waals surface area contributed by atoms with E-state index < -0.39 is 36.1 Å². The van der Waals surface area contributed by atoms with Crippen LogP contribution in [0.5, 0.6) is 0 Å². The van der Waals surface area contributed by atoms with E-state index in [1.807, 2.05) is 26.0 Å². The summed E-state index contributed by atoms with van der Waals surface area (Å²) in [5.41, 5.74) is 2.74. The van der Waals surface area contributed by atoms with Gasteiger partial charge in [-0.3, -0.25) is 9.59 Å². The minimum atomic E-state index is -1.14. The van der Waals surface area contributed by atoms with Crippen LogP contribution in [-0.2, 0) is 14.3 Å². The number of anilines is 1. The molecule has 2 rings (SSSR count). The second kappa shape index (κ2) is 11.7. The average molecular weight is 499 g/mol. The number of halogens is 1. The lowest BCUT2D eigenvalue weighted by molar-refractivity contribution is -0.137. The molecule has 0 aliphatic carbocycles. The molecule has 1 unspecified atom stereocenters. The normalized spacial score (nSPS) is 11.7. The number of para-hydroxylation sites is 1. The summed E-state index contributed by atoms with van der Waals surface area (Å²) >= 11 is 6.31. The van der Waals surface area contributed by atoms with Crippen LogP contribution in [0.2, 0.25) is 5.02 Å². The topological polar surface area (TPSA) is 112 Å². The van der Waals surface area contributed by atoms with Gasteiger partial charge in [0.1, 0.15) is 24.7 Å². The SMILES string of the molecule is Cc1cc(C)cc(C(C(=O)Nc2c(C)cccc2Cl)N(CC#N)C(=O)CNC(=O)OC(C)(C)C)c1. The molecule has 0 saturated carbocycles. The summed E-state index contributed by atoms with van der Waals surface area (Å²) in [6, 6.07) is 11.5. The molecule has 186 valence electrons. The highest BCUT2D eigenvalue weighted by Crippen LogP contribution is 2.29. The van der Waals surface area contributed by atoms with Crippen molar-refractivity contribution < 1.29 is 19.1 Å². The molecule has 8 nitrogen and oxygen atoms in total. The van der Waals surface area contributed by atoms with Crippen molar-refractivity contribution in [2.24, 2.45) is 0 Å². The number of carbonyl (C=O) groups excluding carboxylic acids is 3.